The molecule has 27 heavy (non-hydrogen) atoms. The van der Waals surface area contributed by atoms with Gasteiger partial charge in [-0.1, -0.05) is 24.3 Å². The number of aliphatic hydroxyl groups excluding tert-OH is 1. The van der Waals surface area contributed by atoms with Crippen LogP contribution in [0.3, 0.4) is 0 Å². The van der Waals surface area contributed by atoms with Gasteiger partial charge >= 0.3 is 0 Å². The molecule has 2 aromatic carbocycles. The summed E-state index contributed by atoms with van der Waals surface area (Å²) in [4.78, 5) is 12.2. The molecular formula is C20H22N2O4S. The lowest BCUT2D eigenvalue weighted by atomic mass is 10.1. The summed E-state index contributed by atoms with van der Waals surface area (Å²) in [6.07, 6.45) is 0.932. The lowest BCUT2D eigenvalue weighted by molar-refractivity contribution is -0.121. The van der Waals surface area contributed by atoms with E-state index in [-0.39, 0.29) is 23.6 Å². The van der Waals surface area contributed by atoms with E-state index in [1.54, 1.807) is 18.2 Å². The third-order valence-electron chi connectivity index (χ3n) is 4.49. The zero-order valence-corrected chi connectivity index (χ0v) is 15.8. The van der Waals surface area contributed by atoms with Gasteiger partial charge in [-0.05, 0) is 41.3 Å². The van der Waals surface area contributed by atoms with Crippen LogP contribution in [-0.4, -0.2) is 36.3 Å². The Labute approximate surface area is 158 Å². The molecule has 1 amide bonds. The quantitative estimate of drug-likeness (QED) is 0.652. The second-order valence-corrected chi connectivity index (χ2v) is 8.56. The number of benzene rings is 2. The second-order valence-electron chi connectivity index (χ2n) is 6.45. The molecule has 0 spiro atoms. The monoisotopic (exact) mass is 386 g/mol. The Morgan fingerprint density at radius 3 is 2.63 bits per heavy atom. The molecule has 7 heteroatoms. The van der Waals surface area contributed by atoms with E-state index < -0.39 is 21.8 Å². The van der Waals surface area contributed by atoms with Gasteiger partial charge in [0.05, 0.1) is 16.8 Å². The number of aromatic nitrogens is 1. The number of sulfone groups is 1. The van der Waals surface area contributed by atoms with E-state index in [0.717, 1.165) is 10.9 Å². The van der Waals surface area contributed by atoms with Crippen molar-refractivity contribution < 1.29 is 18.3 Å². The van der Waals surface area contributed by atoms with Crippen LogP contribution in [0.4, 0.5) is 0 Å². The average Bonchev–Trinajstić information content (AvgIpc) is 3.05. The number of amides is 1. The molecule has 3 rings (SSSR count). The minimum atomic E-state index is -3.49. The fraction of sp³-hybridized carbons (Fsp3) is 0.250. The standard InChI is InChI=1S/C20H22N2O4S/c1-22-11-9-15-13-16(7-8-18(15)22)19(23)14-21-20(24)10-12-27(25,26)17-5-3-2-4-6-17/h2-9,11,13,19,23H,10,12,14H2,1H3,(H,21,24)/t19-/m1/s1. The first-order valence-corrected chi connectivity index (χ1v) is 10.3. The van der Waals surface area contributed by atoms with Crippen molar-refractivity contribution in [3.05, 3.63) is 66.4 Å². The molecule has 0 fully saturated rings. The zero-order chi connectivity index (χ0) is 19.4. The molecule has 6 nitrogen and oxygen atoms in total. The predicted octanol–water partition coefficient (Wildman–Crippen LogP) is 2.19. The molecule has 0 saturated carbocycles. The van der Waals surface area contributed by atoms with E-state index in [9.17, 15) is 18.3 Å². The highest BCUT2D eigenvalue weighted by molar-refractivity contribution is 7.91. The number of hydrogen-bond donors (Lipinski definition) is 2. The van der Waals surface area contributed by atoms with Gasteiger partial charge < -0.3 is 15.0 Å². The highest BCUT2D eigenvalue weighted by Crippen LogP contribution is 2.20. The molecule has 0 saturated heterocycles. The number of carbonyl (C=O) groups is 1. The first-order valence-electron chi connectivity index (χ1n) is 8.64. The average molecular weight is 386 g/mol. The summed E-state index contributed by atoms with van der Waals surface area (Å²) in [5.41, 5.74) is 1.76. The van der Waals surface area contributed by atoms with E-state index >= 15 is 0 Å². The minimum absolute atomic E-state index is 0.0303. The van der Waals surface area contributed by atoms with E-state index in [0.29, 0.717) is 5.56 Å². The van der Waals surface area contributed by atoms with E-state index in [1.165, 1.54) is 12.1 Å². The lowest BCUT2D eigenvalue weighted by Gasteiger charge is -2.13. The number of aryl methyl sites for hydroxylation is 1. The third-order valence-corrected chi connectivity index (χ3v) is 6.22. The van der Waals surface area contributed by atoms with Gasteiger partial charge in [-0.15, -0.1) is 0 Å². The first kappa shape index (κ1) is 19.1. The minimum Gasteiger partial charge on any atom is -0.387 e. The van der Waals surface area contributed by atoms with E-state index in [2.05, 4.69) is 5.32 Å². The van der Waals surface area contributed by atoms with Gasteiger partial charge in [0.25, 0.3) is 0 Å². The largest absolute Gasteiger partial charge is 0.387 e. The molecular weight excluding hydrogens is 364 g/mol. The summed E-state index contributed by atoms with van der Waals surface area (Å²) in [5.74, 6) is -0.677. The van der Waals surface area contributed by atoms with E-state index in [1.807, 2.05) is 42.1 Å². The zero-order valence-electron chi connectivity index (χ0n) is 15.0. The first-order chi connectivity index (χ1) is 12.9. The van der Waals surface area contributed by atoms with Crippen LogP contribution in [0.25, 0.3) is 10.9 Å². The molecule has 1 heterocycles. The summed E-state index contributed by atoms with van der Waals surface area (Å²) < 4.78 is 26.4. The number of carbonyl (C=O) groups excluding carboxylic acids is 1. The summed E-state index contributed by atoms with van der Waals surface area (Å²) in [7, 11) is -1.55. The second kappa shape index (κ2) is 7.94. The van der Waals surface area contributed by atoms with Crippen molar-refractivity contribution in [1.29, 1.82) is 0 Å². The molecule has 142 valence electrons. The molecule has 0 aliphatic carbocycles. The van der Waals surface area contributed by atoms with Crippen molar-refractivity contribution in [3.8, 4) is 0 Å². The van der Waals surface area contributed by atoms with Gasteiger partial charge in [-0.25, -0.2) is 8.42 Å². The van der Waals surface area contributed by atoms with Gasteiger partial charge in [0.1, 0.15) is 0 Å². The number of nitrogens with zero attached hydrogens (tertiary/aromatic N) is 1. The smallest absolute Gasteiger partial charge is 0.221 e. The fourth-order valence-corrected chi connectivity index (χ4v) is 4.16. The van der Waals surface area contributed by atoms with Crippen LogP contribution >= 0.6 is 0 Å². The Bertz CT molecular complexity index is 1040. The number of aliphatic hydroxyl groups is 1. The topological polar surface area (TPSA) is 88.4 Å². The highest BCUT2D eigenvalue weighted by atomic mass is 32.2. The van der Waals surface area contributed by atoms with Crippen LogP contribution in [-0.2, 0) is 21.7 Å². The van der Waals surface area contributed by atoms with Crippen molar-refractivity contribution >= 4 is 26.6 Å². The molecule has 1 aromatic heterocycles. The van der Waals surface area contributed by atoms with Crippen LogP contribution < -0.4 is 5.32 Å². The maximum atomic E-state index is 12.2. The van der Waals surface area contributed by atoms with Gasteiger partial charge in [0, 0.05) is 31.7 Å². The molecule has 1 atom stereocenters. The van der Waals surface area contributed by atoms with Crippen molar-refractivity contribution in [2.24, 2.45) is 7.05 Å². The van der Waals surface area contributed by atoms with Crippen LogP contribution in [0, 0.1) is 0 Å². The summed E-state index contributed by atoms with van der Waals surface area (Å²) in [5, 5.41) is 13.9. The van der Waals surface area contributed by atoms with Crippen LogP contribution in [0.15, 0.2) is 65.7 Å². The Kier molecular flexibility index (Phi) is 5.62. The lowest BCUT2D eigenvalue weighted by Crippen LogP contribution is -2.29. The van der Waals surface area contributed by atoms with Crippen molar-refractivity contribution in [2.45, 2.75) is 17.4 Å². The molecule has 0 bridgehead atoms. The molecule has 2 N–H and O–H groups in total. The molecule has 3 aromatic rings. The van der Waals surface area contributed by atoms with Crippen molar-refractivity contribution in [3.63, 3.8) is 0 Å². The Morgan fingerprint density at radius 1 is 1.15 bits per heavy atom. The SMILES string of the molecule is Cn1ccc2cc([C@H](O)CNC(=O)CCS(=O)(=O)c3ccccc3)ccc21. The maximum Gasteiger partial charge on any atom is 0.221 e. The van der Waals surface area contributed by atoms with Gasteiger partial charge in [0.2, 0.25) is 5.91 Å². The number of fused-ring (bicyclic) bond motifs is 1. The van der Waals surface area contributed by atoms with E-state index in [4.69, 9.17) is 0 Å². The van der Waals surface area contributed by atoms with Crippen LogP contribution in [0.2, 0.25) is 0 Å². The molecule has 0 radical (unpaired) electrons. The Balaban J connectivity index is 1.53. The summed E-state index contributed by atoms with van der Waals surface area (Å²) in [6, 6.07) is 15.6. The highest BCUT2D eigenvalue weighted by Gasteiger charge is 2.17. The van der Waals surface area contributed by atoms with Crippen LogP contribution in [0.5, 0.6) is 0 Å². The molecule has 0 unspecified atom stereocenters. The number of rotatable bonds is 7. The van der Waals surface area contributed by atoms with Gasteiger partial charge in [-0.2, -0.15) is 0 Å². The van der Waals surface area contributed by atoms with Gasteiger partial charge in [0.15, 0.2) is 9.84 Å². The Hall–Kier alpha value is -2.64. The molecule has 0 aliphatic rings. The van der Waals surface area contributed by atoms with Crippen molar-refractivity contribution in [2.75, 3.05) is 12.3 Å². The van der Waals surface area contributed by atoms with Gasteiger partial charge in [-0.3, -0.25) is 4.79 Å². The van der Waals surface area contributed by atoms with Crippen molar-refractivity contribution in [1.82, 2.24) is 9.88 Å². The van der Waals surface area contributed by atoms with Crippen LogP contribution in [0.1, 0.15) is 18.1 Å². The number of hydrogen-bond acceptors (Lipinski definition) is 4. The Morgan fingerprint density at radius 2 is 1.89 bits per heavy atom. The molecule has 0 aliphatic heterocycles. The third kappa shape index (κ3) is 4.56. The predicted molar refractivity (Wildman–Crippen MR) is 104 cm³/mol. The number of nitrogens with one attached hydrogen (secondary N) is 1. The summed E-state index contributed by atoms with van der Waals surface area (Å²) in [6.45, 7) is 0.0303. The summed E-state index contributed by atoms with van der Waals surface area (Å²) >= 11 is 0. The normalized spacial score (nSPS) is 12.8. The maximum absolute atomic E-state index is 12.2. The fourth-order valence-electron chi connectivity index (χ4n) is 2.90.